The lowest BCUT2D eigenvalue weighted by molar-refractivity contribution is 0.0786. The van der Waals surface area contributed by atoms with Crippen LogP contribution in [0.5, 0.6) is 5.75 Å². The van der Waals surface area contributed by atoms with Gasteiger partial charge in [0.1, 0.15) is 5.75 Å². The number of hydrogen-bond acceptors (Lipinski definition) is 4. The Morgan fingerprint density at radius 1 is 1.20 bits per heavy atom. The average molecular weight is 409 g/mol. The van der Waals surface area contributed by atoms with Crippen LogP contribution >= 0.6 is 0 Å². The zero-order chi connectivity index (χ0) is 22.2. The molecule has 3 rings (SSSR count). The van der Waals surface area contributed by atoms with Crippen LogP contribution in [0.3, 0.4) is 0 Å². The van der Waals surface area contributed by atoms with Gasteiger partial charge >= 0.3 is 0 Å². The summed E-state index contributed by atoms with van der Waals surface area (Å²) in [5.41, 5.74) is 3.96. The third-order valence-electron chi connectivity index (χ3n) is 5.22. The minimum absolute atomic E-state index is 0.0309. The molecule has 0 radical (unpaired) electrons. The third-order valence-corrected chi connectivity index (χ3v) is 5.22. The molecule has 6 nitrogen and oxygen atoms in total. The van der Waals surface area contributed by atoms with E-state index in [-0.39, 0.29) is 17.4 Å². The monoisotopic (exact) mass is 408 g/mol. The highest BCUT2D eigenvalue weighted by molar-refractivity contribution is 6.06. The Morgan fingerprint density at radius 3 is 2.37 bits per heavy atom. The molecule has 0 saturated carbocycles. The van der Waals surface area contributed by atoms with Crippen LogP contribution in [0.25, 0.3) is 11.0 Å². The molecule has 0 spiro atoms. The van der Waals surface area contributed by atoms with E-state index in [0.717, 1.165) is 33.7 Å². The van der Waals surface area contributed by atoms with Gasteiger partial charge in [0.25, 0.3) is 5.91 Å². The summed E-state index contributed by atoms with van der Waals surface area (Å²) < 4.78 is 7.16. The van der Waals surface area contributed by atoms with Crippen LogP contribution in [-0.4, -0.2) is 39.7 Å². The molecule has 30 heavy (non-hydrogen) atoms. The van der Waals surface area contributed by atoms with Crippen LogP contribution in [0.2, 0.25) is 0 Å². The maximum atomic E-state index is 13.5. The van der Waals surface area contributed by atoms with E-state index in [1.807, 2.05) is 49.0 Å². The van der Waals surface area contributed by atoms with Crippen molar-refractivity contribution in [2.75, 3.05) is 14.2 Å². The Bertz CT molecular complexity index is 1060. The number of hydrogen-bond donors (Lipinski definition) is 0. The van der Waals surface area contributed by atoms with E-state index in [1.165, 1.54) is 0 Å². The molecule has 1 aromatic carbocycles. The number of fused-ring (bicyclic) bond motifs is 1. The molecule has 0 fully saturated rings. The largest absolute Gasteiger partial charge is 0.497 e. The van der Waals surface area contributed by atoms with Crippen molar-refractivity contribution in [2.45, 2.75) is 59.5 Å². The number of rotatable bonds is 5. The van der Waals surface area contributed by atoms with Crippen molar-refractivity contribution in [2.24, 2.45) is 0 Å². The first-order valence-electron chi connectivity index (χ1n) is 10.3. The lowest BCUT2D eigenvalue weighted by Gasteiger charge is -2.21. The molecule has 160 valence electrons. The minimum atomic E-state index is -0.232. The molecular weight excluding hydrogens is 376 g/mol. The fourth-order valence-electron chi connectivity index (χ4n) is 3.52. The zero-order valence-electron chi connectivity index (χ0n) is 19.3. The normalized spacial score (nSPS) is 11.9. The number of carbonyl (C=O) groups is 1. The Morgan fingerprint density at radius 2 is 1.83 bits per heavy atom. The summed E-state index contributed by atoms with van der Waals surface area (Å²) in [7, 11) is 3.48. The van der Waals surface area contributed by atoms with Gasteiger partial charge in [-0.25, -0.2) is 9.67 Å². The molecule has 0 aliphatic rings. The summed E-state index contributed by atoms with van der Waals surface area (Å²) in [5, 5.41) is 5.57. The Hall–Kier alpha value is -2.89. The number of ether oxygens (including phenoxy) is 1. The summed E-state index contributed by atoms with van der Waals surface area (Å²) in [5.74, 6) is 0.975. The van der Waals surface area contributed by atoms with Crippen molar-refractivity contribution in [3.63, 3.8) is 0 Å². The van der Waals surface area contributed by atoms with Gasteiger partial charge in [0, 0.05) is 19.3 Å². The second-order valence-electron chi connectivity index (χ2n) is 9.13. The van der Waals surface area contributed by atoms with Crippen molar-refractivity contribution >= 4 is 16.9 Å². The molecule has 0 unspecified atom stereocenters. The first-order chi connectivity index (χ1) is 14.0. The van der Waals surface area contributed by atoms with E-state index >= 15 is 0 Å². The lowest BCUT2D eigenvalue weighted by atomic mass is 10.0. The zero-order valence-corrected chi connectivity index (χ0v) is 19.3. The maximum absolute atomic E-state index is 13.5. The highest BCUT2D eigenvalue weighted by Crippen LogP contribution is 2.29. The number of benzene rings is 1. The van der Waals surface area contributed by atoms with Gasteiger partial charge in [0.2, 0.25) is 0 Å². The summed E-state index contributed by atoms with van der Waals surface area (Å²) in [6.45, 7) is 12.9. The van der Waals surface area contributed by atoms with E-state index in [9.17, 15) is 4.79 Å². The Kier molecular flexibility index (Phi) is 5.88. The van der Waals surface area contributed by atoms with Crippen molar-refractivity contribution < 1.29 is 9.53 Å². The molecule has 3 aromatic rings. The molecule has 0 aliphatic carbocycles. The lowest BCUT2D eigenvalue weighted by Crippen LogP contribution is -2.27. The summed E-state index contributed by atoms with van der Waals surface area (Å²) >= 11 is 0. The van der Waals surface area contributed by atoms with Crippen molar-refractivity contribution in [3.8, 4) is 5.75 Å². The van der Waals surface area contributed by atoms with Gasteiger partial charge in [-0.3, -0.25) is 4.79 Å². The van der Waals surface area contributed by atoms with Crippen molar-refractivity contribution in [3.05, 3.63) is 52.8 Å². The number of aromatic nitrogens is 3. The molecule has 0 bridgehead atoms. The second-order valence-corrected chi connectivity index (χ2v) is 9.13. The van der Waals surface area contributed by atoms with E-state index in [4.69, 9.17) is 14.8 Å². The molecule has 0 atom stereocenters. The number of amides is 1. The molecule has 6 heteroatoms. The number of aryl methyl sites for hydroxylation is 1. The smallest absolute Gasteiger partial charge is 0.254 e. The Labute approximate surface area is 178 Å². The third kappa shape index (κ3) is 4.18. The van der Waals surface area contributed by atoms with Gasteiger partial charge in [-0.05, 0) is 57.4 Å². The van der Waals surface area contributed by atoms with Crippen LogP contribution < -0.4 is 4.74 Å². The quantitative estimate of drug-likeness (QED) is 0.602. The molecule has 0 N–H and O–H groups in total. The molecule has 2 aromatic heterocycles. The van der Waals surface area contributed by atoms with E-state index < -0.39 is 0 Å². The molecular formula is C24H32N4O2. The molecule has 2 heterocycles. The fourth-order valence-corrected chi connectivity index (χ4v) is 3.52. The maximum Gasteiger partial charge on any atom is 0.254 e. The van der Waals surface area contributed by atoms with E-state index in [0.29, 0.717) is 12.1 Å². The summed E-state index contributed by atoms with van der Waals surface area (Å²) in [6, 6.07) is 9.71. The number of nitrogens with zero attached hydrogens (tertiary/aromatic N) is 4. The van der Waals surface area contributed by atoms with Gasteiger partial charge in [-0.1, -0.05) is 26.0 Å². The van der Waals surface area contributed by atoms with E-state index in [2.05, 4.69) is 34.6 Å². The molecule has 0 aliphatic heterocycles. The van der Waals surface area contributed by atoms with Crippen LogP contribution in [0.15, 0.2) is 30.3 Å². The first kappa shape index (κ1) is 21.8. The van der Waals surface area contributed by atoms with Crippen LogP contribution in [0.4, 0.5) is 0 Å². The summed E-state index contributed by atoms with van der Waals surface area (Å²) in [4.78, 5) is 20.1. The second kappa shape index (κ2) is 8.09. The standard InChI is InChI=1S/C24H32N4O2/c1-15(2)20-13-19(21-16(3)26-28(22(21)25-20)24(4,5)6)23(29)27(7)14-17-9-11-18(30-8)12-10-17/h9-13,15H,14H2,1-8H3. The highest BCUT2D eigenvalue weighted by atomic mass is 16.5. The van der Waals surface area contributed by atoms with Crippen molar-refractivity contribution in [1.29, 1.82) is 0 Å². The first-order valence-corrected chi connectivity index (χ1v) is 10.3. The average Bonchev–Trinajstić information content (AvgIpc) is 3.04. The van der Waals surface area contributed by atoms with Crippen molar-refractivity contribution in [1.82, 2.24) is 19.7 Å². The SMILES string of the molecule is COc1ccc(CN(C)C(=O)c2cc(C(C)C)nc3c2c(C)nn3C(C)(C)C)cc1. The molecule has 1 amide bonds. The van der Waals surface area contributed by atoms with Crippen LogP contribution in [-0.2, 0) is 12.1 Å². The predicted octanol–water partition coefficient (Wildman–Crippen LogP) is 4.90. The minimum Gasteiger partial charge on any atom is -0.497 e. The molecule has 0 saturated heterocycles. The number of methoxy groups -OCH3 is 1. The Balaban J connectivity index is 2.06. The van der Waals surface area contributed by atoms with Gasteiger partial charge < -0.3 is 9.64 Å². The van der Waals surface area contributed by atoms with Gasteiger partial charge in [0.05, 0.1) is 29.3 Å². The van der Waals surface area contributed by atoms with Gasteiger partial charge in [-0.2, -0.15) is 5.10 Å². The number of pyridine rings is 1. The number of carbonyl (C=O) groups excluding carboxylic acids is 1. The fraction of sp³-hybridized carbons (Fsp3) is 0.458. The predicted molar refractivity (Wildman–Crippen MR) is 120 cm³/mol. The van der Waals surface area contributed by atoms with Gasteiger partial charge in [-0.15, -0.1) is 0 Å². The van der Waals surface area contributed by atoms with Crippen LogP contribution in [0.1, 0.15) is 67.8 Å². The van der Waals surface area contributed by atoms with Gasteiger partial charge in [0.15, 0.2) is 5.65 Å². The van der Waals surface area contributed by atoms with E-state index in [1.54, 1.807) is 12.0 Å². The topological polar surface area (TPSA) is 60.2 Å². The highest BCUT2D eigenvalue weighted by Gasteiger charge is 2.26. The summed E-state index contributed by atoms with van der Waals surface area (Å²) in [6.07, 6.45) is 0. The van der Waals surface area contributed by atoms with Crippen LogP contribution in [0, 0.1) is 6.92 Å².